The lowest BCUT2D eigenvalue weighted by atomic mass is 9.99. The molecule has 50 heavy (non-hydrogen) atoms. The summed E-state index contributed by atoms with van der Waals surface area (Å²) in [5.74, 6) is -0.188. The van der Waals surface area contributed by atoms with Gasteiger partial charge in [-0.2, -0.15) is 0 Å². The Balaban J connectivity index is 2.44. The zero-order chi connectivity index (χ0) is 36.7. The molecule has 7 atom stereocenters. The average Bonchev–Trinajstić information content (AvgIpc) is 3.11. The van der Waals surface area contributed by atoms with E-state index >= 15 is 0 Å². The maximum Gasteiger partial charge on any atom is 0.220 e. The van der Waals surface area contributed by atoms with E-state index in [4.69, 9.17) is 9.47 Å². The number of amides is 1. The van der Waals surface area contributed by atoms with E-state index < -0.39 is 49.5 Å². The van der Waals surface area contributed by atoms with Crippen LogP contribution in [0.5, 0.6) is 0 Å². The Labute approximate surface area is 305 Å². The Morgan fingerprint density at radius 3 is 1.62 bits per heavy atom. The van der Waals surface area contributed by atoms with Crippen LogP contribution in [0.4, 0.5) is 0 Å². The molecule has 0 radical (unpaired) electrons. The van der Waals surface area contributed by atoms with Gasteiger partial charge in [0.1, 0.15) is 24.4 Å². The van der Waals surface area contributed by atoms with Crippen LogP contribution in [0.25, 0.3) is 0 Å². The number of unbranched alkanes of at least 4 members (excludes halogenated alkanes) is 21. The molecular formula is C41H77NO8. The van der Waals surface area contributed by atoms with E-state index in [1.807, 2.05) is 6.08 Å². The minimum Gasteiger partial charge on any atom is -0.394 e. The van der Waals surface area contributed by atoms with E-state index in [0.717, 1.165) is 57.8 Å². The maximum atomic E-state index is 12.9. The molecule has 2 unspecified atom stereocenters. The van der Waals surface area contributed by atoms with Gasteiger partial charge in [-0.25, -0.2) is 0 Å². The summed E-state index contributed by atoms with van der Waals surface area (Å²) in [5.41, 5.74) is 0. The third kappa shape index (κ3) is 23.3. The third-order valence-electron chi connectivity index (χ3n) is 9.77. The van der Waals surface area contributed by atoms with E-state index in [9.17, 15) is 30.3 Å². The Hall–Kier alpha value is -1.33. The molecule has 1 saturated heterocycles. The monoisotopic (exact) mass is 712 g/mol. The van der Waals surface area contributed by atoms with Crippen molar-refractivity contribution in [3.05, 3.63) is 24.3 Å². The standard InChI is InChI=1S/C41H77NO8/c1-3-5-7-9-11-13-15-17-19-21-23-25-27-29-31-37(45)42-34(33-49-41-40(48)39(47)38(46)36(32-43)50-41)35(44)30-28-26-24-22-20-18-16-14-12-10-8-6-4-2/h15,17,28,30,34-36,38-41,43-44,46-48H,3-14,16,18-27,29,31-33H2,1-2H3,(H,42,45)/b17-15+,30-28+/t34-,35+,36-,38-,39?,40?,41-/m0/s1. The molecule has 0 aromatic heterocycles. The van der Waals surface area contributed by atoms with Crippen LogP contribution in [0, 0.1) is 0 Å². The summed E-state index contributed by atoms with van der Waals surface area (Å²) in [5, 5.41) is 54.0. The van der Waals surface area contributed by atoms with Crippen LogP contribution in [0.2, 0.25) is 0 Å². The molecule has 9 nitrogen and oxygen atoms in total. The summed E-state index contributed by atoms with van der Waals surface area (Å²) in [7, 11) is 0. The van der Waals surface area contributed by atoms with Gasteiger partial charge in [-0.05, 0) is 44.9 Å². The molecule has 0 bridgehead atoms. The van der Waals surface area contributed by atoms with Crippen LogP contribution in [-0.4, -0.2) is 87.5 Å². The zero-order valence-corrected chi connectivity index (χ0v) is 31.9. The van der Waals surface area contributed by atoms with Gasteiger partial charge in [0, 0.05) is 6.42 Å². The summed E-state index contributed by atoms with van der Waals surface area (Å²) < 4.78 is 11.2. The van der Waals surface area contributed by atoms with Crippen molar-refractivity contribution in [2.45, 2.75) is 217 Å². The zero-order valence-electron chi connectivity index (χ0n) is 31.9. The fourth-order valence-electron chi connectivity index (χ4n) is 6.38. The average molecular weight is 712 g/mol. The maximum absolute atomic E-state index is 12.9. The largest absolute Gasteiger partial charge is 0.394 e. The number of allylic oxidation sites excluding steroid dienone is 3. The number of carbonyl (C=O) groups is 1. The summed E-state index contributed by atoms with van der Waals surface area (Å²) >= 11 is 0. The quantitative estimate of drug-likeness (QED) is 0.0302. The lowest BCUT2D eigenvalue weighted by Gasteiger charge is -2.40. The van der Waals surface area contributed by atoms with E-state index in [-0.39, 0.29) is 12.5 Å². The van der Waals surface area contributed by atoms with Crippen LogP contribution < -0.4 is 5.32 Å². The summed E-state index contributed by atoms with van der Waals surface area (Å²) in [4.78, 5) is 12.9. The highest BCUT2D eigenvalue weighted by Crippen LogP contribution is 2.22. The number of rotatable bonds is 33. The number of aliphatic hydroxyl groups excluding tert-OH is 5. The summed E-state index contributed by atoms with van der Waals surface area (Å²) in [6, 6.07) is -0.804. The summed E-state index contributed by atoms with van der Waals surface area (Å²) in [6.45, 7) is 3.73. The second kappa shape index (κ2) is 32.3. The van der Waals surface area contributed by atoms with Gasteiger partial charge in [-0.15, -0.1) is 0 Å². The van der Waals surface area contributed by atoms with Crippen LogP contribution >= 0.6 is 0 Å². The molecule has 0 aliphatic carbocycles. The molecule has 1 heterocycles. The Morgan fingerprint density at radius 1 is 0.660 bits per heavy atom. The van der Waals surface area contributed by atoms with Crippen LogP contribution in [0.15, 0.2) is 24.3 Å². The minimum absolute atomic E-state index is 0.188. The molecule has 1 aliphatic heterocycles. The van der Waals surface area contributed by atoms with E-state index in [1.165, 1.54) is 96.3 Å². The first-order valence-corrected chi connectivity index (χ1v) is 20.6. The van der Waals surface area contributed by atoms with Gasteiger partial charge in [-0.1, -0.05) is 147 Å². The first kappa shape index (κ1) is 46.7. The molecule has 1 aliphatic rings. The highest BCUT2D eigenvalue weighted by atomic mass is 16.7. The van der Waals surface area contributed by atoms with Crippen LogP contribution in [0.1, 0.15) is 174 Å². The van der Waals surface area contributed by atoms with Gasteiger partial charge in [0.05, 0.1) is 25.4 Å². The number of carbonyl (C=O) groups excluding carboxylic acids is 1. The number of ether oxygens (including phenoxy) is 2. The fourth-order valence-corrected chi connectivity index (χ4v) is 6.38. The Morgan fingerprint density at radius 2 is 1.12 bits per heavy atom. The molecule has 294 valence electrons. The number of hydrogen-bond donors (Lipinski definition) is 6. The van der Waals surface area contributed by atoms with Crippen molar-refractivity contribution < 1.29 is 39.8 Å². The first-order chi connectivity index (χ1) is 24.3. The molecule has 0 aromatic rings. The van der Waals surface area contributed by atoms with Crippen molar-refractivity contribution >= 4 is 5.91 Å². The van der Waals surface area contributed by atoms with E-state index in [2.05, 4.69) is 31.3 Å². The first-order valence-electron chi connectivity index (χ1n) is 20.6. The molecule has 6 N–H and O–H groups in total. The van der Waals surface area contributed by atoms with Gasteiger partial charge < -0.3 is 40.3 Å². The van der Waals surface area contributed by atoms with Crippen molar-refractivity contribution in [1.29, 1.82) is 0 Å². The topological polar surface area (TPSA) is 149 Å². The van der Waals surface area contributed by atoms with Crippen molar-refractivity contribution in [2.24, 2.45) is 0 Å². The van der Waals surface area contributed by atoms with E-state index in [0.29, 0.717) is 6.42 Å². The normalized spacial score (nSPS) is 22.4. The molecule has 0 aromatic carbocycles. The smallest absolute Gasteiger partial charge is 0.220 e. The van der Waals surface area contributed by atoms with Gasteiger partial charge in [0.15, 0.2) is 6.29 Å². The second-order valence-corrected chi connectivity index (χ2v) is 14.4. The van der Waals surface area contributed by atoms with Gasteiger partial charge in [0.2, 0.25) is 5.91 Å². The lowest BCUT2D eigenvalue weighted by molar-refractivity contribution is -0.302. The molecule has 0 spiro atoms. The Kier molecular flexibility index (Phi) is 30.2. The van der Waals surface area contributed by atoms with Crippen molar-refractivity contribution in [2.75, 3.05) is 13.2 Å². The van der Waals surface area contributed by atoms with Crippen molar-refractivity contribution in [3.8, 4) is 0 Å². The second-order valence-electron chi connectivity index (χ2n) is 14.4. The van der Waals surface area contributed by atoms with E-state index in [1.54, 1.807) is 6.08 Å². The van der Waals surface area contributed by atoms with Crippen LogP contribution in [0.3, 0.4) is 0 Å². The number of hydrogen-bond acceptors (Lipinski definition) is 8. The highest BCUT2D eigenvalue weighted by Gasteiger charge is 2.44. The highest BCUT2D eigenvalue weighted by molar-refractivity contribution is 5.76. The van der Waals surface area contributed by atoms with Crippen molar-refractivity contribution in [3.63, 3.8) is 0 Å². The molecule has 1 rings (SSSR count). The molecule has 1 fully saturated rings. The lowest BCUT2D eigenvalue weighted by Crippen LogP contribution is -2.60. The fraction of sp³-hybridized carbons (Fsp3) is 0.878. The Bertz CT molecular complexity index is 837. The molecule has 0 saturated carbocycles. The van der Waals surface area contributed by atoms with Crippen molar-refractivity contribution in [1.82, 2.24) is 5.32 Å². The predicted octanol–water partition coefficient (Wildman–Crippen LogP) is 7.55. The van der Waals surface area contributed by atoms with Gasteiger partial charge in [0.25, 0.3) is 0 Å². The van der Waals surface area contributed by atoms with Gasteiger partial charge >= 0.3 is 0 Å². The summed E-state index contributed by atoms with van der Waals surface area (Å²) in [6.07, 6.45) is 29.3. The minimum atomic E-state index is -1.56. The van der Waals surface area contributed by atoms with Gasteiger partial charge in [-0.3, -0.25) is 4.79 Å². The molecule has 1 amide bonds. The number of nitrogens with one attached hydrogen (secondary N) is 1. The predicted molar refractivity (Wildman–Crippen MR) is 203 cm³/mol. The number of aliphatic hydroxyl groups is 5. The molecule has 9 heteroatoms. The third-order valence-corrected chi connectivity index (χ3v) is 9.77. The molecular weight excluding hydrogens is 634 g/mol. The SMILES string of the molecule is CCCCCCC/C=C/CCCCCCCC(=O)N[C@@H](CO[C@H]1O[C@@H](CO)[C@H](O)C(O)C1O)[C@H](O)/C=C/CCCCCCCCCCCCC. The van der Waals surface area contributed by atoms with Crippen LogP contribution in [-0.2, 0) is 14.3 Å².